The zero-order valence-electron chi connectivity index (χ0n) is 22.3. The lowest BCUT2D eigenvalue weighted by Gasteiger charge is -2.34. The Morgan fingerprint density at radius 3 is 2.36 bits per heavy atom. The van der Waals surface area contributed by atoms with Crippen LogP contribution < -0.4 is 16.4 Å². The van der Waals surface area contributed by atoms with Crippen molar-refractivity contribution in [2.45, 2.75) is 84.9 Å². The van der Waals surface area contributed by atoms with Crippen LogP contribution in [-0.2, 0) is 19.1 Å². The molecule has 5 N–H and O–H groups in total. The van der Waals surface area contributed by atoms with Crippen molar-refractivity contribution >= 4 is 23.8 Å². The quantitative estimate of drug-likeness (QED) is 0.301. The predicted molar refractivity (Wildman–Crippen MR) is 137 cm³/mol. The third-order valence-corrected chi connectivity index (χ3v) is 5.40. The van der Waals surface area contributed by atoms with E-state index >= 15 is 0 Å². The Hall–Kier alpha value is -3.14. The van der Waals surface area contributed by atoms with E-state index in [0.717, 1.165) is 24.0 Å². The molecule has 0 bridgehead atoms. The molecule has 0 aliphatic heterocycles. The van der Waals surface area contributed by atoms with Gasteiger partial charge < -0.3 is 31.1 Å². The second kappa shape index (κ2) is 14.4. The molecule has 0 aliphatic rings. The fraction of sp³-hybridized carbons (Fsp3) is 0.615. The zero-order chi connectivity index (χ0) is 27.5. The first-order chi connectivity index (χ1) is 16.8. The van der Waals surface area contributed by atoms with Crippen LogP contribution >= 0.6 is 0 Å². The van der Waals surface area contributed by atoms with Crippen LogP contribution in [0.5, 0.6) is 0 Å². The number of ether oxygens (including phenoxy) is 1. The molecule has 1 aromatic rings. The summed E-state index contributed by atoms with van der Waals surface area (Å²) in [5, 5.41) is 15.2. The first kappa shape index (κ1) is 30.9. The highest BCUT2D eigenvalue weighted by molar-refractivity contribution is 5.92. The van der Waals surface area contributed by atoms with Crippen LogP contribution in [0.25, 0.3) is 0 Å². The van der Waals surface area contributed by atoms with Crippen molar-refractivity contribution in [1.82, 2.24) is 15.5 Å². The van der Waals surface area contributed by atoms with Gasteiger partial charge in [-0.1, -0.05) is 37.1 Å². The molecule has 0 saturated heterocycles. The molecular formula is C26H42N4O6. The minimum atomic E-state index is -1.20. The van der Waals surface area contributed by atoms with Gasteiger partial charge >= 0.3 is 6.09 Å². The molecule has 1 rings (SSSR count). The third kappa shape index (κ3) is 10.2. The summed E-state index contributed by atoms with van der Waals surface area (Å²) in [6, 6.07) is 3.28. The number of nitrogens with zero attached hydrogens (tertiary/aromatic N) is 1. The van der Waals surface area contributed by atoms with Crippen LogP contribution in [0.4, 0.5) is 4.79 Å². The fourth-order valence-electron chi connectivity index (χ4n) is 3.74. The maximum Gasteiger partial charge on any atom is 0.408 e. The maximum atomic E-state index is 13.8. The van der Waals surface area contributed by atoms with Crippen LogP contribution in [-0.4, -0.2) is 65.2 Å². The Kier molecular flexibility index (Phi) is 12.4. The number of hydrogen-bond acceptors (Lipinski definition) is 6. The van der Waals surface area contributed by atoms with Crippen molar-refractivity contribution in [2.24, 2.45) is 5.73 Å². The topological polar surface area (TPSA) is 151 Å². The number of unbranched alkanes of at least 4 members (excludes halogenated alkanes) is 1. The van der Waals surface area contributed by atoms with Gasteiger partial charge in [-0.15, -0.1) is 0 Å². The van der Waals surface area contributed by atoms with E-state index in [0.29, 0.717) is 12.1 Å². The Labute approximate surface area is 213 Å². The van der Waals surface area contributed by atoms with Crippen LogP contribution in [0.15, 0.2) is 18.2 Å². The number of nitrogens with two attached hydrogens (primary N) is 1. The summed E-state index contributed by atoms with van der Waals surface area (Å²) in [6.45, 7) is 10.7. The predicted octanol–water partition coefficient (Wildman–Crippen LogP) is 2.24. The monoisotopic (exact) mass is 506 g/mol. The second-order valence-electron chi connectivity index (χ2n) is 9.87. The van der Waals surface area contributed by atoms with Crippen molar-refractivity contribution in [3.8, 4) is 0 Å². The van der Waals surface area contributed by atoms with Gasteiger partial charge in [0.25, 0.3) is 0 Å². The van der Waals surface area contributed by atoms with Crippen molar-refractivity contribution in [3.05, 3.63) is 34.9 Å². The fourth-order valence-corrected chi connectivity index (χ4v) is 3.74. The minimum absolute atomic E-state index is 0.0909. The van der Waals surface area contributed by atoms with Gasteiger partial charge in [0.1, 0.15) is 17.7 Å². The number of primary amides is 1. The largest absolute Gasteiger partial charge is 0.444 e. The normalized spacial score (nSPS) is 12.9. The molecule has 0 radical (unpaired) electrons. The van der Waals surface area contributed by atoms with E-state index in [9.17, 15) is 24.3 Å². The summed E-state index contributed by atoms with van der Waals surface area (Å²) >= 11 is 0. The molecule has 10 heteroatoms. The van der Waals surface area contributed by atoms with E-state index < -0.39 is 48.1 Å². The molecule has 0 spiro atoms. The summed E-state index contributed by atoms with van der Waals surface area (Å²) in [7, 11) is 0. The van der Waals surface area contributed by atoms with E-state index in [4.69, 9.17) is 10.5 Å². The number of carbonyl (C=O) groups excluding carboxylic acids is 4. The molecule has 2 unspecified atom stereocenters. The molecular weight excluding hydrogens is 464 g/mol. The minimum Gasteiger partial charge on any atom is -0.444 e. The first-order valence-corrected chi connectivity index (χ1v) is 12.3. The number of carbonyl (C=O) groups is 4. The number of rotatable bonds is 13. The molecule has 4 amide bonds. The van der Waals surface area contributed by atoms with Crippen LogP contribution in [0.2, 0.25) is 0 Å². The van der Waals surface area contributed by atoms with Gasteiger partial charge in [-0.05, 0) is 58.6 Å². The van der Waals surface area contributed by atoms with E-state index in [1.165, 1.54) is 4.90 Å². The van der Waals surface area contributed by atoms with Crippen LogP contribution in [0, 0.1) is 13.8 Å². The molecule has 0 saturated carbocycles. The van der Waals surface area contributed by atoms with Crippen LogP contribution in [0.3, 0.4) is 0 Å². The summed E-state index contributed by atoms with van der Waals surface area (Å²) in [6.07, 6.45) is 0.538. The number of aliphatic hydroxyl groups excluding tert-OH is 1. The lowest BCUT2D eigenvalue weighted by molar-refractivity contribution is -0.143. The van der Waals surface area contributed by atoms with Crippen molar-refractivity contribution < 1.29 is 29.0 Å². The van der Waals surface area contributed by atoms with Gasteiger partial charge in [0.2, 0.25) is 17.7 Å². The van der Waals surface area contributed by atoms with Crippen molar-refractivity contribution in [3.63, 3.8) is 0 Å². The molecule has 36 heavy (non-hydrogen) atoms. The number of alkyl carbamates (subject to hydrolysis) is 1. The highest BCUT2D eigenvalue weighted by Crippen LogP contribution is 2.27. The van der Waals surface area contributed by atoms with Gasteiger partial charge in [0.15, 0.2) is 0 Å². The van der Waals surface area contributed by atoms with Crippen molar-refractivity contribution in [1.29, 1.82) is 0 Å². The number of hydrogen-bond donors (Lipinski definition) is 4. The summed E-state index contributed by atoms with van der Waals surface area (Å²) in [5.74, 6) is -1.68. The van der Waals surface area contributed by atoms with Gasteiger partial charge in [-0.3, -0.25) is 14.4 Å². The summed E-state index contributed by atoms with van der Waals surface area (Å²) in [5.41, 5.74) is 6.88. The zero-order valence-corrected chi connectivity index (χ0v) is 22.3. The standard InChI is InChI=1S/C26H42N4O6/c1-7-8-13-28-23(33)22(19-10-9-17(2)16-18(19)3)30(14-15-31)24(34)20(11-12-21(27)32)29-25(35)36-26(4,5)6/h9-10,16,20,22,31H,7-8,11-15H2,1-6H3,(H2,27,32)(H,28,33)(H,29,35). The Bertz CT molecular complexity index is 912. The van der Waals surface area contributed by atoms with Gasteiger partial charge in [0, 0.05) is 19.5 Å². The summed E-state index contributed by atoms with van der Waals surface area (Å²) < 4.78 is 5.29. The molecule has 202 valence electrons. The molecule has 10 nitrogen and oxygen atoms in total. The number of benzene rings is 1. The highest BCUT2D eigenvalue weighted by atomic mass is 16.6. The molecule has 0 aromatic heterocycles. The van der Waals surface area contributed by atoms with Gasteiger partial charge in [-0.25, -0.2) is 4.79 Å². The van der Waals surface area contributed by atoms with E-state index in [1.54, 1.807) is 26.8 Å². The van der Waals surface area contributed by atoms with Crippen molar-refractivity contribution in [2.75, 3.05) is 19.7 Å². The Balaban J connectivity index is 3.45. The average molecular weight is 507 g/mol. The number of nitrogens with one attached hydrogen (secondary N) is 2. The lowest BCUT2D eigenvalue weighted by atomic mass is 9.96. The first-order valence-electron chi connectivity index (χ1n) is 12.3. The smallest absolute Gasteiger partial charge is 0.408 e. The van der Waals surface area contributed by atoms with E-state index in [2.05, 4.69) is 10.6 Å². The maximum absolute atomic E-state index is 13.8. The average Bonchev–Trinajstić information content (AvgIpc) is 2.76. The lowest BCUT2D eigenvalue weighted by Crippen LogP contribution is -2.54. The number of aryl methyl sites for hydroxylation is 2. The van der Waals surface area contributed by atoms with E-state index in [1.807, 2.05) is 32.9 Å². The Morgan fingerprint density at radius 2 is 1.83 bits per heavy atom. The third-order valence-electron chi connectivity index (χ3n) is 5.40. The van der Waals surface area contributed by atoms with E-state index in [-0.39, 0.29) is 19.4 Å². The highest BCUT2D eigenvalue weighted by Gasteiger charge is 2.36. The molecule has 2 atom stereocenters. The van der Waals surface area contributed by atoms with Gasteiger partial charge in [0.05, 0.1) is 6.61 Å². The van der Waals surface area contributed by atoms with Crippen LogP contribution in [0.1, 0.15) is 76.1 Å². The molecule has 0 heterocycles. The molecule has 0 aliphatic carbocycles. The molecule has 1 aromatic carbocycles. The summed E-state index contributed by atoms with van der Waals surface area (Å²) in [4.78, 5) is 52.4. The number of aliphatic hydroxyl groups is 1. The second-order valence-corrected chi connectivity index (χ2v) is 9.87. The Morgan fingerprint density at radius 1 is 1.17 bits per heavy atom. The number of amides is 4. The SMILES string of the molecule is CCCCNC(=O)C(c1ccc(C)cc1C)N(CCO)C(=O)C(CCC(N)=O)NC(=O)OC(C)(C)C. The molecule has 0 fully saturated rings. The van der Waals surface area contributed by atoms with Gasteiger partial charge in [-0.2, -0.15) is 0 Å².